The second-order valence-electron chi connectivity index (χ2n) is 4.48. The van der Waals surface area contributed by atoms with Gasteiger partial charge in [0, 0.05) is 5.69 Å². The topological polar surface area (TPSA) is 75.6 Å². The van der Waals surface area contributed by atoms with Crippen molar-refractivity contribution in [3.8, 4) is 0 Å². The van der Waals surface area contributed by atoms with Gasteiger partial charge in [-0.25, -0.2) is 9.18 Å². The third-order valence-corrected chi connectivity index (χ3v) is 3.03. The van der Waals surface area contributed by atoms with Crippen molar-refractivity contribution in [3.63, 3.8) is 0 Å². The molecule has 1 fully saturated rings. The summed E-state index contributed by atoms with van der Waals surface area (Å²) in [7, 11) is 0. The zero-order chi connectivity index (χ0) is 14.0. The van der Waals surface area contributed by atoms with Crippen LogP contribution in [0.2, 0.25) is 0 Å². The number of carbonyl (C=O) groups is 2. The normalized spacial score (nSPS) is 22.2. The monoisotopic (exact) mass is 267 g/mol. The Kier molecular flexibility index (Phi) is 3.80. The van der Waals surface area contributed by atoms with Gasteiger partial charge >= 0.3 is 5.97 Å². The standard InChI is InChI=1S/C13H14FNO4/c1-7-2-3-8(6-9(7)14)15-12(16)10-4-5-11(19-10)13(17)18/h2-3,6,10-11H,4-5H2,1H3,(H,15,16)(H,17,18)/t10-,11+/m0/s1. The Hall–Kier alpha value is -1.95. The van der Waals surface area contributed by atoms with Crippen LogP contribution in [0, 0.1) is 12.7 Å². The molecule has 0 radical (unpaired) electrons. The number of halogens is 1. The fourth-order valence-electron chi connectivity index (χ4n) is 1.91. The first-order chi connectivity index (χ1) is 8.97. The van der Waals surface area contributed by atoms with Gasteiger partial charge < -0.3 is 15.2 Å². The van der Waals surface area contributed by atoms with Crippen molar-refractivity contribution in [2.75, 3.05) is 5.32 Å². The fraction of sp³-hybridized carbons (Fsp3) is 0.385. The van der Waals surface area contributed by atoms with Gasteiger partial charge in [0.1, 0.15) is 11.9 Å². The van der Waals surface area contributed by atoms with Crippen LogP contribution >= 0.6 is 0 Å². The lowest BCUT2D eigenvalue weighted by atomic mass is 10.1. The molecule has 0 aliphatic carbocycles. The van der Waals surface area contributed by atoms with Crippen LogP contribution < -0.4 is 5.32 Å². The largest absolute Gasteiger partial charge is 0.479 e. The van der Waals surface area contributed by atoms with Gasteiger partial charge in [0.15, 0.2) is 6.10 Å². The summed E-state index contributed by atoms with van der Waals surface area (Å²) in [6.07, 6.45) is -1.09. The second kappa shape index (κ2) is 5.36. The zero-order valence-corrected chi connectivity index (χ0v) is 10.4. The van der Waals surface area contributed by atoms with Crippen LogP contribution in [0.15, 0.2) is 18.2 Å². The molecule has 6 heteroatoms. The van der Waals surface area contributed by atoms with Gasteiger partial charge in [-0.3, -0.25) is 4.79 Å². The first-order valence-corrected chi connectivity index (χ1v) is 5.92. The van der Waals surface area contributed by atoms with Gasteiger partial charge in [-0.05, 0) is 37.5 Å². The number of aryl methyl sites for hydroxylation is 1. The van der Waals surface area contributed by atoms with Gasteiger partial charge in [-0.15, -0.1) is 0 Å². The molecule has 0 unspecified atom stereocenters. The molecular weight excluding hydrogens is 253 g/mol. The van der Waals surface area contributed by atoms with Crippen LogP contribution in [0.5, 0.6) is 0 Å². The minimum atomic E-state index is -1.07. The highest BCUT2D eigenvalue weighted by Gasteiger charge is 2.34. The summed E-state index contributed by atoms with van der Waals surface area (Å²) in [5, 5.41) is 11.3. The average molecular weight is 267 g/mol. The first-order valence-electron chi connectivity index (χ1n) is 5.92. The zero-order valence-electron chi connectivity index (χ0n) is 10.4. The van der Waals surface area contributed by atoms with E-state index in [1.807, 2.05) is 0 Å². The molecule has 5 nitrogen and oxygen atoms in total. The third kappa shape index (κ3) is 3.08. The molecule has 1 aliphatic heterocycles. The lowest BCUT2D eigenvalue weighted by Gasteiger charge is -2.12. The molecule has 1 saturated heterocycles. The molecule has 2 rings (SSSR count). The summed E-state index contributed by atoms with van der Waals surface area (Å²) >= 11 is 0. The molecule has 1 heterocycles. The molecular formula is C13H14FNO4. The number of hydrogen-bond donors (Lipinski definition) is 2. The van der Waals surface area contributed by atoms with E-state index in [2.05, 4.69) is 5.32 Å². The van der Waals surface area contributed by atoms with E-state index in [1.54, 1.807) is 19.1 Å². The van der Waals surface area contributed by atoms with Gasteiger partial charge in [0.2, 0.25) is 0 Å². The number of ether oxygens (including phenoxy) is 1. The Balaban J connectivity index is 1.98. The number of benzene rings is 1. The van der Waals surface area contributed by atoms with E-state index in [1.165, 1.54) is 6.07 Å². The van der Waals surface area contributed by atoms with E-state index in [0.29, 0.717) is 24.1 Å². The molecule has 1 aromatic rings. The maximum atomic E-state index is 13.3. The molecule has 19 heavy (non-hydrogen) atoms. The van der Waals surface area contributed by atoms with Gasteiger partial charge in [-0.1, -0.05) is 6.07 Å². The second-order valence-corrected chi connectivity index (χ2v) is 4.48. The number of carboxylic acids is 1. The van der Waals surface area contributed by atoms with E-state index in [0.717, 1.165) is 0 Å². The minimum Gasteiger partial charge on any atom is -0.479 e. The molecule has 1 amide bonds. The molecule has 0 aromatic heterocycles. The summed E-state index contributed by atoms with van der Waals surface area (Å²) in [4.78, 5) is 22.5. The van der Waals surface area contributed by atoms with E-state index in [9.17, 15) is 14.0 Å². The Bertz CT molecular complexity index is 517. The number of rotatable bonds is 3. The number of amides is 1. The average Bonchev–Trinajstić information content (AvgIpc) is 2.83. The van der Waals surface area contributed by atoms with Gasteiger partial charge in [0.05, 0.1) is 0 Å². The van der Waals surface area contributed by atoms with Gasteiger partial charge in [-0.2, -0.15) is 0 Å². The quantitative estimate of drug-likeness (QED) is 0.874. The molecule has 1 aliphatic rings. The van der Waals surface area contributed by atoms with Crippen molar-refractivity contribution in [2.45, 2.75) is 32.0 Å². The summed E-state index contributed by atoms with van der Waals surface area (Å²) in [6, 6.07) is 4.36. The highest BCUT2D eigenvalue weighted by Crippen LogP contribution is 2.22. The summed E-state index contributed by atoms with van der Waals surface area (Å²) in [5.74, 6) is -1.93. The molecule has 102 valence electrons. The Morgan fingerprint density at radius 2 is 2.05 bits per heavy atom. The van der Waals surface area contributed by atoms with Crippen molar-refractivity contribution in [1.29, 1.82) is 0 Å². The first kappa shape index (κ1) is 13.5. The van der Waals surface area contributed by atoms with Gasteiger partial charge in [0.25, 0.3) is 5.91 Å². The molecule has 0 spiro atoms. The molecule has 2 N–H and O–H groups in total. The fourth-order valence-corrected chi connectivity index (χ4v) is 1.91. The van der Waals surface area contributed by atoms with Crippen LogP contribution in [0.1, 0.15) is 18.4 Å². The number of carbonyl (C=O) groups excluding carboxylic acids is 1. The molecule has 2 atom stereocenters. The number of aliphatic carboxylic acids is 1. The number of carboxylic acid groups (broad SMARTS) is 1. The summed E-state index contributed by atoms with van der Waals surface area (Å²) < 4.78 is 18.4. The predicted molar refractivity (Wildman–Crippen MR) is 65.3 cm³/mol. The molecule has 0 saturated carbocycles. The number of nitrogens with one attached hydrogen (secondary N) is 1. The van der Waals surface area contributed by atoms with Crippen molar-refractivity contribution in [2.24, 2.45) is 0 Å². The van der Waals surface area contributed by atoms with Crippen LogP contribution in [0.25, 0.3) is 0 Å². The van der Waals surface area contributed by atoms with Crippen molar-refractivity contribution < 1.29 is 23.8 Å². The predicted octanol–water partition coefficient (Wildman–Crippen LogP) is 1.70. The van der Waals surface area contributed by atoms with Crippen LogP contribution in [0.3, 0.4) is 0 Å². The third-order valence-electron chi connectivity index (χ3n) is 3.03. The number of hydrogen-bond acceptors (Lipinski definition) is 3. The van der Waals surface area contributed by atoms with Crippen molar-refractivity contribution in [1.82, 2.24) is 0 Å². The Morgan fingerprint density at radius 3 is 2.63 bits per heavy atom. The Labute approximate surface area is 109 Å². The van der Waals surface area contributed by atoms with E-state index >= 15 is 0 Å². The van der Waals surface area contributed by atoms with Crippen LogP contribution in [-0.4, -0.2) is 29.2 Å². The lowest BCUT2D eigenvalue weighted by molar-refractivity contribution is -0.150. The summed E-state index contributed by atoms with van der Waals surface area (Å²) in [6.45, 7) is 1.62. The maximum Gasteiger partial charge on any atom is 0.332 e. The SMILES string of the molecule is Cc1ccc(NC(=O)[C@@H]2CC[C@H](C(=O)O)O2)cc1F. The number of anilines is 1. The minimum absolute atomic E-state index is 0.301. The lowest BCUT2D eigenvalue weighted by Crippen LogP contribution is -2.29. The smallest absolute Gasteiger partial charge is 0.332 e. The molecule has 0 bridgehead atoms. The van der Waals surface area contributed by atoms with E-state index in [-0.39, 0.29) is 0 Å². The summed E-state index contributed by atoms with van der Waals surface area (Å²) in [5.41, 5.74) is 0.816. The van der Waals surface area contributed by atoms with Crippen molar-refractivity contribution in [3.05, 3.63) is 29.6 Å². The molecule has 1 aromatic carbocycles. The Morgan fingerprint density at radius 1 is 1.37 bits per heavy atom. The highest BCUT2D eigenvalue weighted by atomic mass is 19.1. The maximum absolute atomic E-state index is 13.3. The van der Waals surface area contributed by atoms with E-state index < -0.39 is 29.9 Å². The van der Waals surface area contributed by atoms with Crippen LogP contribution in [-0.2, 0) is 14.3 Å². The van der Waals surface area contributed by atoms with Crippen molar-refractivity contribution >= 4 is 17.6 Å². The highest BCUT2D eigenvalue weighted by molar-refractivity contribution is 5.94. The van der Waals surface area contributed by atoms with E-state index in [4.69, 9.17) is 9.84 Å². The van der Waals surface area contributed by atoms with Crippen LogP contribution in [0.4, 0.5) is 10.1 Å².